The molecule has 0 unspecified atom stereocenters. The number of aromatic nitrogens is 1. The second-order valence-electron chi connectivity index (χ2n) is 4.75. The molecule has 0 aromatic carbocycles. The van der Waals surface area contributed by atoms with E-state index >= 15 is 0 Å². The molecule has 1 aromatic rings. The maximum Gasteiger partial charge on any atom is 0.246 e. The summed E-state index contributed by atoms with van der Waals surface area (Å²) >= 11 is 0. The predicted octanol–water partition coefficient (Wildman–Crippen LogP) is 0.986. The van der Waals surface area contributed by atoms with Crippen LogP contribution in [-0.4, -0.2) is 18.9 Å². The Balaban J connectivity index is 2.32. The summed E-state index contributed by atoms with van der Waals surface area (Å²) in [6, 6.07) is 1.21. The molecule has 0 spiro atoms. The van der Waals surface area contributed by atoms with E-state index < -0.39 is 21.0 Å². The van der Waals surface area contributed by atoms with E-state index in [1.807, 2.05) is 6.92 Å². The highest BCUT2D eigenvalue weighted by molar-refractivity contribution is 7.89. The minimum Gasteiger partial charge on any atom is -0.366 e. The summed E-state index contributed by atoms with van der Waals surface area (Å²) in [5.41, 5.74) is -0.904. The van der Waals surface area contributed by atoms with E-state index in [0.717, 1.165) is 25.7 Å². The van der Waals surface area contributed by atoms with Crippen molar-refractivity contribution in [2.45, 2.75) is 43.0 Å². The van der Waals surface area contributed by atoms with Gasteiger partial charge in [-0.3, -0.25) is 4.79 Å². The molecule has 2 rings (SSSR count). The molecule has 94 valence electrons. The van der Waals surface area contributed by atoms with Crippen LogP contribution in [0.15, 0.2) is 28.2 Å². The molecule has 0 saturated heterocycles. The first-order valence-corrected chi connectivity index (χ1v) is 7.12. The van der Waals surface area contributed by atoms with Crippen LogP contribution < -0.4 is 10.2 Å². The van der Waals surface area contributed by atoms with Crippen molar-refractivity contribution in [3.8, 4) is 0 Å². The average Bonchev–Trinajstić information content (AvgIpc) is 2.64. The van der Waals surface area contributed by atoms with Crippen molar-refractivity contribution in [3.05, 3.63) is 28.7 Å². The Kier molecular flexibility index (Phi) is 3.09. The summed E-state index contributed by atoms with van der Waals surface area (Å²) in [4.78, 5) is 13.9. The molecule has 1 heterocycles. The first kappa shape index (κ1) is 12.3. The van der Waals surface area contributed by atoms with Gasteiger partial charge in [-0.05, 0) is 19.8 Å². The molecule has 2 N–H and O–H groups in total. The van der Waals surface area contributed by atoms with Crippen molar-refractivity contribution >= 4 is 10.0 Å². The molecule has 17 heavy (non-hydrogen) atoms. The van der Waals surface area contributed by atoms with E-state index in [4.69, 9.17) is 0 Å². The van der Waals surface area contributed by atoms with Gasteiger partial charge in [-0.25, -0.2) is 13.1 Å². The summed E-state index contributed by atoms with van der Waals surface area (Å²) in [5.74, 6) is 0. The van der Waals surface area contributed by atoms with Gasteiger partial charge in [-0.15, -0.1) is 0 Å². The summed E-state index contributed by atoms with van der Waals surface area (Å²) in [6.07, 6.45) is 6.31. The average molecular weight is 256 g/mol. The van der Waals surface area contributed by atoms with Crippen molar-refractivity contribution in [2.75, 3.05) is 0 Å². The molecule has 1 aliphatic carbocycles. The predicted molar refractivity (Wildman–Crippen MR) is 64.3 cm³/mol. The normalized spacial score (nSPS) is 19.4. The van der Waals surface area contributed by atoms with Crippen molar-refractivity contribution in [3.63, 3.8) is 0 Å². The quantitative estimate of drug-likeness (QED) is 0.846. The molecular weight excluding hydrogens is 240 g/mol. The van der Waals surface area contributed by atoms with Crippen LogP contribution in [0.4, 0.5) is 0 Å². The number of rotatable bonds is 3. The molecule has 1 fully saturated rings. The highest BCUT2D eigenvalue weighted by Gasteiger charge is 2.34. The fourth-order valence-electron chi connectivity index (χ4n) is 2.25. The van der Waals surface area contributed by atoms with Gasteiger partial charge in [0.25, 0.3) is 0 Å². The maximum absolute atomic E-state index is 12.1. The van der Waals surface area contributed by atoms with E-state index in [-0.39, 0.29) is 4.90 Å². The zero-order valence-electron chi connectivity index (χ0n) is 9.69. The fraction of sp³-hybridized carbons (Fsp3) is 0.545. The van der Waals surface area contributed by atoms with E-state index in [1.54, 1.807) is 0 Å². The van der Waals surface area contributed by atoms with Gasteiger partial charge in [0.15, 0.2) is 0 Å². The summed E-state index contributed by atoms with van der Waals surface area (Å²) in [7, 11) is -3.73. The van der Waals surface area contributed by atoms with Gasteiger partial charge in [0.2, 0.25) is 15.5 Å². The third-order valence-electron chi connectivity index (χ3n) is 3.17. The van der Waals surface area contributed by atoms with Gasteiger partial charge in [0.1, 0.15) is 4.90 Å². The number of H-pyrrole nitrogens is 1. The molecule has 0 amide bonds. The van der Waals surface area contributed by atoms with Crippen molar-refractivity contribution in [2.24, 2.45) is 0 Å². The minimum absolute atomic E-state index is 0.215. The van der Waals surface area contributed by atoms with Crippen molar-refractivity contribution in [1.29, 1.82) is 0 Å². The van der Waals surface area contributed by atoms with E-state index in [0.29, 0.717) is 0 Å². The Labute approximate surface area is 100 Å². The van der Waals surface area contributed by atoms with Crippen LogP contribution in [0.5, 0.6) is 0 Å². The molecular formula is C11H16N2O3S. The molecule has 1 aliphatic rings. The third kappa shape index (κ3) is 2.58. The molecule has 0 radical (unpaired) electrons. The number of nitrogens with one attached hydrogen (secondary N) is 2. The second-order valence-corrected chi connectivity index (χ2v) is 6.40. The van der Waals surface area contributed by atoms with Gasteiger partial charge in [-0.1, -0.05) is 12.8 Å². The van der Waals surface area contributed by atoms with Crippen LogP contribution in [0, 0.1) is 0 Å². The highest BCUT2D eigenvalue weighted by Crippen LogP contribution is 2.30. The fourth-order valence-corrected chi connectivity index (χ4v) is 3.77. The Bertz CT molecular complexity index is 556. The molecule has 6 heteroatoms. The van der Waals surface area contributed by atoms with Crippen molar-refractivity contribution < 1.29 is 8.42 Å². The number of aromatic amines is 1. The van der Waals surface area contributed by atoms with Gasteiger partial charge >= 0.3 is 0 Å². The number of pyridine rings is 1. The molecule has 1 saturated carbocycles. The van der Waals surface area contributed by atoms with E-state index in [1.165, 1.54) is 18.5 Å². The van der Waals surface area contributed by atoms with Crippen LogP contribution >= 0.6 is 0 Å². The van der Waals surface area contributed by atoms with Gasteiger partial charge in [0.05, 0.1) is 0 Å². The smallest absolute Gasteiger partial charge is 0.246 e. The van der Waals surface area contributed by atoms with E-state index in [2.05, 4.69) is 9.71 Å². The summed E-state index contributed by atoms with van der Waals surface area (Å²) in [6.45, 7) is 1.88. The minimum atomic E-state index is -3.73. The largest absolute Gasteiger partial charge is 0.366 e. The van der Waals surface area contributed by atoms with Crippen molar-refractivity contribution in [1.82, 2.24) is 9.71 Å². The molecule has 1 aromatic heterocycles. The summed E-state index contributed by atoms with van der Waals surface area (Å²) < 4.78 is 26.8. The third-order valence-corrected chi connectivity index (χ3v) is 4.83. The van der Waals surface area contributed by atoms with E-state index in [9.17, 15) is 13.2 Å². The monoisotopic (exact) mass is 256 g/mol. The van der Waals surface area contributed by atoms with Crippen LogP contribution in [0.3, 0.4) is 0 Å². The lowest BCUT2D eigenvalue weighted by atomic mass is 10.0. The van der Waals surface area contributed by atoms with Gasteiger partial charge in [-0.2, -0.15) is 0 Å². The number of hydrogen-bond donors (Lipinski definition) is 2. The van der Waals surface area contributed by atoms with Crippen LogP contribution in [0.2, 0.25) is 0 Å². The maximum atomic E-state index is 12.1. The van der Waals surface area contributed by atoms with Gasteiger partial charge < -0.3 is 4.98 Å². The Morgan fingerprint density at radius 2 is 2.00 bits per heavy atom. The first-order chi connectivity index (χ1) is 7.93. The zero-order valence-corrected chi connectivity index (χ0v) is 10.5. The molecule has 0 aliphatic heterocycles. The Hall–Kier alpha value is -1.14. The highest BCUT2D eigenvalue weighted by atomic mass is 32.2. The number of sulfonamides is 1. The lowest BCUT2D eigenvalue weighted by molar-refractivity contribution is 0.427. The molecule has 0 bridgehead atoms. The van der Waals surface area contributed by atoms with Crippen LogP contribution in [-0.2, 0) is 10.0 Å². The van der Waals surface area contributed by atoms with Crippen LogP contribution in [0.1, 0.15) is 32.6 Å². The lowest BCUT2D eigenvalue weighted by Crippen LogP contribution is -2.44. The second kappa shape index (κ2) is 4.27. The Morgan fingerprint density at radius 1 is 1.35 bits per heavy atom. The van der Waals surface area contributed by atoms with Gasteiger partial charge in [0, 0.05) is 24.0 Å². The summed E-state index contributed by atoms with van der Waals surface area (Å²) in [5, 5.41) is 0. The SMILES string of the molecule is CC1(NS(=O)(=O)c2c[nH]ccc2=O)CCCC1. The number of hydrogen-bond acceptors (Lipinski definition) is 3. The zero-order chi connectivity index (χ0) is 12.5. The molecule has 5 nitrogen and oxygen atoms in total. The first-order valence-electron chi connectivity index (χ1n) is 5.64. The lowest BCUT2D eigenvalue weighted by Gasteiger charge is -2.24. The standard InChI is InChI=1S/C11H16N2O3S/c1-11(5-2-3-6-11)13-17(15,16)10-8-12-7-4-9(10)14/h4,7-8,13H,2-3,5-6H2,1H3,(H,12,14). The topological polar surface area (TPSA) is 79.0 Å². The van der Waals surface area contributed by atoms with Crippen LogP contribution in [0.25, 0.3) is 0 Å². The Morgan fingerprint density at radius 3 is 2.59 bits per heavy atom. The molecule has 0 atom stereocenters.